The van der Waals surface area contributed by atoms with Crippen LogP contribution >= 0.6 is 0 Å². The van der Waals surface area contributed by atoms with Crippen molar-refractivity contribution in [3.8, 4) is 0 Å². The smallest absolute Gasteiger partial charge is 0.220 e. The third-order valence-electron chi connectivity index (χ3n) is 14.0. The molecular weight excluding hydrogens is 939 g/mol. The number of nitrogens with one attached hydrogen (secondary N) is 1. The van der Waals surface area contributed by atoms with E-state index in [0.717, 1.165) is 44.9 Å². The Balaban J connectivity index is 1.48. The lowest BCUT2D eigenvalue weighted by Gasteiger charge is -2.48. The van der Waals surface area contributed by atoms with Gasteiger partial charge in [0.15, 0.2) is 18.9 Å². The molecule has 17 unspecified atom stereocenters. The van der Waals surface area contributed by atoms with Gasteiger partial charge in [0, 0.05) is 6.42 Å². The number of carbonyl (C=O) groups excluding carboxylic acids is 1. The van der Waals surface area contributed by atoms with Crippen LogP contribution in [-0.4, -0.2) is 193 Å². The summed E-state index contributed by atoms with van der Waals surface area (Å²) in [7, 11) is 0. The van der Waals surface area contributed by atoms with Gasteiger partial charge in [-0.2, -0.15) is 0 Å². The van der Waals surface area contributed by atoms with Crippen LogP contribution in [0.4, 0.5) is 0 Å². The van der Waals surface area contributed by atoms with Gasteiger partial charge in [-0.3, -0.25) is 4.79 Å². The predicted octanol–water partition coefficient (Wildman–Crippen LogP) is 3.20. The largest absolute Gasteiger partial charge is 0.394 e. The summed E-state index contributed by atoms with van der Waals surface area (Å²) in [6.45, 7) is 1.60. The number of aliphatic hydroxyl groups excluding tert-OH is 11. The summed E-state index contributed by atoms with van der Waals surface area (Å²) in [6.07, 6.45) is 9.24. The van der Waals surface area contributed by atoms with Crippen molar-refractivity contribution in [3.63, 3.8) is 0 Å². The quantitative estimate of drug-likeness (QED) is 0.0311. The molecule has 3 aliphatic heterocycles. The average molecular weight is 1040 g/mol. The van der Waals surface area contributed by atoms with E-state index in [1.807, 2.05) is 6.08 Å². The van der Waals surface area contributed by atoms with Crippen LogP contribution in [0.5, 0.6) is 0 Å². The maximum Gasteiger partial charge on any atom is 0.220 e. The van der Waals surface area contributed by atoms with Crippen molar-refractivity contribution in [2.24, 2.45) is 0 Å². The van der Waals surface area contributed by atoms with E-state index in [-0.39, 0.29) is 18.9 Å². The molecule has 0 aromatic rings. The standard InChI is InChI=1S/C53H97NO18/c1-3-5-7-9-11-13-14-15-16-17-18-19-20-21-22-23-25-27-29-31-41(59)54-36(37(58)30-28-26-24-12-10-8-6-4-2)35-67-51-47(65)44(62)49(39(33-56)69-51)72-53-48(66)45(63)50(40(34-57)70-53)71-52-46(64)43(61)42(60)38(32-55)68-52/h10,12,28,30,36-40,42-53,55-58,60-66H,3-9,11,13-27,29,31-35H2,1-2H3,(H,54,59)/b12-10+,30-28+. The van der Waals surface area contributed by atoms with Gasteiger partial charge < -0.3 is 89.9 Å². The van der Waals surface area contributed by atoms with Gasteiger partial charge in [0.05, 0.1) is 38.6 Å². The highest BCUT2D eigenvalue weighted by Gasteiger charge is 2.53. The average Bonchev–Trinajstić information content (AvgIpc) is 3.37. The Labute approximate surface area is 428 Å². The maximum atomic E-state index is 13.2. The molecule has 0 spiro atoms. The first-order chi connectivity index (χ1) is 34.8. The summed E-state index contributed by atoms with van der Waals surface area (Å²) in [4.78, 5) is 13.2. The molecule has 0 radical (unpaired) electrons. The van der Waals surface area contributed by atoms with E-state index < -0.39 is 124 Å². The fourth-order valence-corrected chi connectivity index (χ4v) is 9.37. The molecule has 0 saturated carbocycles. The molecule has 0 bridgehead atoms. The van der Waals surface area contributed by atoms with E-state index in [2.05, 4.69) is 31.3 Å². The van der Waals surface area contributed by atoms with Crippen molar-refractivity contribution < 1.29 is 89.4 Å². The second-order valence-electron chi connectivity index (χ2n) is 20.0. The molecule has 422 valence electrons. The normalized spacial score (nSPS) is 32.2. The topological polar surface area (TPSA) is 307 Å². The number of allylic oxidation sites excluding steroid dienone is 3. The number of rotatable bonds is 39. The van der Waals surface area contributed by atoms with Crippen LogP contribution < -0.4 is 5.32 Å². The zero-order valence-electron chi connectivity index (χ0n) is 43.4. The number of ether oxygens (including phenoxy) is 6. The molecule has 3 fully saturated rings. The fourth-order valence-electron chi connectivity index (χ4n) is 9.37. The number of hydrogen-bond acceptors (Lipinski definition) is 18. The number of unbranched alkanes of at least 4 members (excludes halogenated alkanes) is 21. The van der Waals surface area contributed by atoms with E-state index >= 15 is 0 Å². The highest BCUT2D eigenvalue weighted by atomic mass is 16.8. The monoisotopic (exact) mass is 1040 g/mol. The number of amides is 1. The summed E-state index contributed by atoms with van der Waals surface area (Å²) in [5, 5.41) is 119. The maximum absolute atomic E-state index is 13.2. The van der Waals surface area contributed by atoms with Crippen molar-refractivity contribution in [1.82, 2.24) is 5.32 Å². The highest BCUT2D eigenvalue weighted by Crippen LogP contribution is 2.33. The van der Waals surface area contributed by atoms with Crippen molar-refractivity contribution in [2.75, 3.05) is 26.4 Å². The minimum atomic E-state index is -1.98. The van der Waals surface area contributed by atoms with Gasteiger partial charge in [0.2, 0.25) is 5.91 Å². The lowest BCUT2D eigenvalue weighted by atomic mass is 9.96. The van der Waals surface area contributed by atoms with Gasteiger partial charge in [-0.25, -0.2) is 0 Å². The third kappa shape index (κ3) is 22.9. The van der Waals surface area contributed by atoms with Crippen LogP contribution in [0.25, 0.3) is 0 Å². The number of carbonyl (C=O) groups is 1. The molecule has 12 N–H and O–H groups in total. The summed E-state index contributed by atoms with van der Waals surface area (Å²) in [6, 6.07) is -0.982. The van der Waals surface area contributed by atoms with Gasteiger partial charge in [-0.15, -0.1) is 0 Å². The molecule has 0 aromatic heterocycles. The molecule has 3 saturated heterocycles. The van der Waals surface area contributed by atoms with Gasteiger partial charge in [-0.05, 0) is 25.7 Å². The Morgan fingerprint density at radius 1 is 0.486 bits per heavy atom. The minimum Gasteiger partial charge on any atom is -0.394 e. The first-order valence-electron chi connectivity index (χ1n) is 27.6. The second kappa shape index (κ2) is 37.9. The molecule has 19 heteroatoms. The molecule has 3 rings (SSSR count). The molecule has 1 amide bonds. The van der Waals surface area contributed by atoms with Crippen LogP contribution in [-0.2, 0) is 33.2 Å². The van der Waals surface area contributed by atoms with Gasteiger partial charge in [-0.1, -0.05) is 167 Å². The first-order valence-corrected chi connectivity index (χ1v) is 27.6. The lowest BCUT2D eigenvalue weighted by Crippen LogP contribution is -2.66. The van der Waals surface area contributed by atoms with Crippen LogP contribution in [0.3, 0.4) is 0 Å². The zero-order valence-corrected chi connectivity index (χ0v) is 43.4. The summed E-state index contributed by atoms with van der Waals surface area (Å²) in [5.41, 5.74) is 0. The third-order valence-corrected chi connectivity index (χ3v) is 14.0. The zero-order chi connectivity index (χ0) is 52.7. The van der Waals surface area contributed by atoms with Gasteiger partial charge >= 0.3 is 0 Å². The second-order valence-corrected chi connectivity index (χ2v) is 20.0. The van der Waals surface area contributed by atoms with E-state index in [0.29, 0.717) is 12.8 Å². The Morgan fingerprint density at radius 3 is 1.38 bits per heavy atom. The number of aliphatic hydroxyl groups is 11. The van der Waals surface area contributed by atoms with E-state index in [4.69, 9.17) is 28.4 Å². The minimum absolute atomic E-state index is 0.239. The van der Waals surface area contributed by atoms with Gasteiger partial charge in [0.25, 0.3) is 0 Å². The molecule has 0 aliphatic carbocycles. The lowest BCUT2D eigenvalue weighted by molar-refractivity contribution is -0.379. The van der Waals surface area contributed by atoms with Crippen molar-refractivity contribution in [3.05, 3.63) is 24.3 Å². The van der Waals surface area contributed by atoms with E-state index in [1.165, 1.54) is 96.3 Å². The summed E-state index contributed by atoms with van der Waals surface area (Å²) < 4.78 is 34.1. The Morgan fingerprint density at radius 2 is 0.889 bits per heavy atom. The van der Waals surface area contributed by atoms with E-state index in [1.54, 1.807) is 6.08 Å². The molecule has 3 heterocycles. The Bertz CT molecular complexity index is 1430. The Hall–Kier alpha value is -1.73. The highest BCUT2D eigenvalue weighted by molar-refractivity contribution is 5.76. The first kappa shape index (κ1) is 64.6. The van der Waals surface area contributed by atoms with Crippen molar-refractivity contribution in [2.45, 2.75) is 279 Å². The van der Waals surface area contributed by atoms with Crippen molar-refractivity contribution in [1.29, 1.82) is 0 Å². The molecule has 72 heavy (non-hydrogen) atoms. The predicted molar refractivity (Wildman–Crippen MR) is 268 cm³/mol. The van der Waals surface area contributed by atoms with Crippen LogP contribution in [0, 0.1) is 0 Å². The molecular formula is C53H97NO18. The van der Waals surface area contributed by atoms with Crippen LogP contribution in [0.1, 0.15) is 174 Å². The number of hydrogen-bond donors (Lipinski definition) is 12. The summed E-state index contributed by atoms with van der Waals surface area (Å²) >= 11 is 0. The van der Waals surface area contributed by atoms with Crippen LogP contribution in [0.2, 0.25) is 0 Å². The molecule has 3 aliphatic rings. The molecule has 17 atom stereocenters. The van der Waals surface area contributed by atoms with Gasteiger partial charge in [0.1, 0.15) is 73.2 Å². The summed E-state index contributed by atoms with van der Waals surface area (Å²) in [5.74, 6) is -0.288. The van der Waals surface area contributed by atoms with E-state index in [9.17, 15) is 61.0 Å². The van der Waals surface area contributed by atoms with Crippen molar-refractivity contribution >= 4 is 5.91 Å². The Kier molecular flexibility index (Phi) is 34.0. The SMILES string of the molecule is CCCC/C=C/CC/C=C/C(O)C(COC1OC(CO)C(OC2OC(CO)C(OC3OC(CO)C(O)C(O)C3O)C(O)C2O)C(O)C1O)NC(=O)CCCCCCCCCCCCCCCCCCCCC. The molecule has 0 aromatic carbocycles. The van der Waals surface area contributed by atoms with Crippen LogP contribution in [0.15, 0.2) is 24.3 Å². The fraction of sp³-hybridized carbons (Fsp3) is 0.906. The molecule has 19 nitrogen and oxygen atoms in total.